The first kappa shape index (κ1) is 17.0. The second-order valence-corrected chi connectivity index (χ2v) is 6.76. The Labute approximate surface area is 158 Å². The van der Waals surface area contributed by atoms with Crippen LogP contribution in [0.5, 0.6) is 5.75 Å². The maximum atomic E-state index is 12.1. The van der Waals surface area contributed by atoms with Gasteiger partial charge in [0.1, 0.15) is 5.75 Å². The van der Waals surface area contributed by atoms with Gasteiger partial charge in [0.25, 0.3) is 0 Å². The number of cyclic esters (lactones) is 1. The molecule has 0 spiro atoms. The van der Waals surface area contributed by atoms with E-state index in [4.69, 9.17) is 21.1 Å². The van der Waals surface area contributed by atoms with Crippen molar-refractivity contribution in [1.82, 2.24) is 0 Å². The van der Waals surface area contributed by atoms with Crippen LogP contribution in [0, 0.1) is 10.5 Å². The van der Waals surface area contributed by atoms with Crippen molar-refractivity contribution in [3.63, 3.8) is 0 Å². The summed E-state index contributed by atoms with van der Waals surface area (Å²) in [5, 5.41) is 0.468. The van der Waals surface area contributed by atoms with Gasteiger partial charge in [-0.1, -0.05) is 17.7 Å². The molecule has 2 aromatic carbocycles. The first-order valence-corrected chi connectivity index (χ1v) is 8.56. The molecule has 0 unspecified atom stereocenters. The molecule has 1 aliphatic heterocycles. The summed E-state index contributed by atoms with van der Waals surface area (Å²) in [6.45, 7) is 2.00. The normalized spacial score (nSPS) is 15.4. The second kappa shape index (κ2) is 6.94. The number of hydrogen-bond donors (Lipinski definition) is 0. The fraction of sp³-hybridized carbons (Fsp3) is 0.111. The average molecular weight is 454 g/mol. The Morgan fingerprint density at radius 1 is 1.25 bits per heavy atom. The van der Waals surface area contributed by atoms with Gasteiger partial charge in [0.15, 0.2) is 5.70 Å². The average Bonchev–Trinajstić information content (AvgIpc) is 2.91. The highest BCUT2D eigenvalue weighted by Gasteiger charge is 2.24. The van der Waals surface area contributed by atoms with Gasteiger partial charge in [-0.2, -0.15) is 0 Å². The number of methoxy groups -OCH3 is 1. The molecule has 0 saturated heterocycles. The van der Waals surface area contributed by atoms with Crippen LogP contribution in [0.3, 0.4) is 0 Å². The van der Waals surface area contributed by atoms with Gasteiger partial charge in [0, 0.05) is 9.13 Å². The van der Waals surface area contributed by atoms with E-state index < -0.39 is 5.97 Å². The predicted molar refractivity (Wildman–Crippen MR) is 103 cm³/mol. The molecule has 0 fully saturated rings. The SMILES string of the molecule is COc1ccc(/C=C2\N=C(c3ccc(I)c(C)c3)OC2=O)cc1Cl. The van der Waals surface area contributed by atoms with Gasteiger partial charge >= 0.3 is 5.97 Å². The van der Waals surface area contributed by atoms with E-state index in [9.17, 15) is 4.79 Å². The van der Waals surface area contributed by atoms with E-state index in [0.717, 1.165) is 20.3 Å². The molecule has 0 saturated carbocycles. The van der Waals surface area contributed by atoms with Gasteiger partial charge in [-0.3, -0.25) is 0 Å². The van der Waals surface area contributed by atoms with Crippen molar-refractivity contribution in [3.8, 4) is 5.75 Å². The molecule has 0 radical (unpaired) electrons. The molecule has 24 heavy (non-hydrogen) atoms. The van der Waals surface area contributed by atoms with Gasteiger partial charge in [0.2, 0.25) is 5.90 Å². The molecule has 3 rings (SSSR count). The van der Waals surface area contributed by atoms with Crippen LogP contribution in [0.1, 0.15) is 16.7 Å². The summed E-state index contributed by atoms with van der Waals surface area (Å²) in [6, 6.07) is 11.0. The molecule has 6 heteroatoms. The topological polar surface area (TPSA) is 47.9 Å². The molecule has 1 aliphatic rings. The fourth-order valence-corrected chi connectivity index (χ4v) is 2.84. The quantitative estimate of drug-likeness (QED) is 0.387. The Hall–Kier alpha value is -1.86. The Morgan fingerprint density at radius 3 is 2.71 bits per heavy atom. The van der Waals surface area contributed by atoms with Crippen molar-refractivity contribution >= 4 is 52.1 Å². The van der Waals surface area contributed by atoms with Crippen LogP contribution in [-0.4, -0.2) is 19.0 Å². The standard InChI is InChI=1S/C18H13ClINO3/c1-10-7-12(4-5-14(10)20)17-21-15(18(22)24-17)9-11-3-6-16(23-2)13(19)8-11/h3-9H,1-2H3/b15-9-. The lowest BCUT2D eigenvalue weighted by atomic mass is 10.1. The Bertz CT molecular complexity index is 890. The number of carbonyl (C=O) groups is 1. The van der Waals surface area contributed by atoms with Crippen molar-refractivity contribution in [2.75, 3.05) is 7.11 Å². The number of rotatable bonds is 3. The zero-order chi connectivity index (χ0) is 17.3. The maximum Gasteiger partial charge on any atom is 0.363 e. The minimum atomic E-state index is -0.479. The summed E-state index contributed by atoms with van der Waals surface area (Å²) in [5.41, 5.74) is 2.86. The van der Waals surface area contributed by atoms with Crippen molar-refractivity contribution in [2.24, 2.45) is 4.99 Å². The van der Waals surface area contributed by atoms with Crippen LogP contribution < -0.4 is 4.74 Å². The molecule has 0 atom stereocenters. The Balaban J connectivity index is 1.93. The van der Waals surface area contributed by atoms with Gasteiger partial charge in [-0.25, -0.2) is 9.79 Å². The summed E-state index contributed by atoms with van der Waals surface area (Å²) in [4.78, 5) is 16.4. The van der Waals surface area contributed by atoms with Crippen LogP contribution in [0.2, 0.25) is 5.02 Å². The second-order valence-electron chi connectivity index (χ2n) is 5.19. The molecule has 1 heterocycles. The van der Waals surface area contributed by atoms with Crippen LogP contribution in [0.15, 0.2) is 47.1 Å². The lowest BCUT2D eigenvalue weighted by Crippen LogP contribution is -2.05. The first-order chi connectivity index (χ1) is 11.5. The third-order valence-corrected chi connectivity index (χ3v) is 5.01. The van der Waals surface area contributed by atoms with E-state index in [2.05, 4.69) is 27.6 Å². The summed E-state index contributed by atoms with van der Waals surface area (Å²) >= 11 is 8.36. The smallest absolute Gasteiger partial charge is 0.363 e. The van der Waals surface area contributed by atoms with E-state index >= 15 is 0 Å². The number of ether oxygens (including phenoxy) is 2. The van der Waals surface area contributed by atoms with E-state index in [1.807, 2.05) is 25.1 Å². The van der Waals surface area contributed by atoms with Crippen molar-refractivity contribution < 1.29 is 14.3 Å². The zero-order valence-electron chi connectivity index (χ0n) is 13.0. The third-order valence-electron chi connectivity index (χ3n) is 3.50. The highest BCUT2D eigenvalue weighted by atomic mass is 127. The number of halogens is 2. The number of esters is 1. The van der Waals surface area contributed by atoms with Gasteiger partial charge < -0.3 is 9.47 Å². The van der Waals surface area contributed by atoms with Gasteiger partial charge in [-0.05, 0) is 77.0 Å². The summed E-state index contributed by atoms with van der Waals surface area (Å²) < 4.78 is 11.5. The van der Waals surface area contributed by atoms with E-state index in [1.165, 1.54) is 0 Å². The highest BCUT2D eigenvalue weighted by molar-refractivity contribution is 14.1. The number of benzene rings is 2. The Morgan fingerprint density at radius 2 is 2.04 bits per heavy atom. The van der Waals surface area contributed by atoms with Crippen molar-refractivity contribution in [2.45, 2.75) is 6.92 Å². The lowest BCUT2D eigenvalue weighted by Gasteiger charge is -2.03. The fourth-order valence-electron chi connectivity index (χ4n) is 2.24. The van der Waals surface area contributed by atoms with Crippen molar-refractivity contribution in [1.29, 1.82) is 0 Å². The molecule has 4 nitrogen and oxygen atoms in total. The van der Waals surface area contributed by atoms with E-state index in [-0.39, 0.29) is 5.70 Å². The predicted octanol–water partition coefficient (Wildman–Crippen LogP) is 4.61. The van der Waals surface area contributed by atoms with E-state index in [0.29, 0.717) is 16.7 Å². The first-order valence-electron chi connectivity index (χ1n) is 7.10. The summed E-state index contributed by atoms with van der Waals surface area (Å²) in [5.74, 6) is 0.407. The molecule has 0 amide bonds. The van der Waals surface area contributed by atoms with Crippen LogP contribution in [0.4, 0.5) is 0 Å². The number of aliphatic imine (C=N–C) groups is 1. The maximum absolute atomic E-state index is 12.1. The largest absolute Gasteiger partial charge is 0.495 e. The minimum absolute atomic E-state index is 0.238. The van der Waals surface area contributed by atoms with Crippen molar-refractivity contribution in [3.05, 3.63) is 67.4 Å². The number of aryl methyl sites for hydroxylation is 1. The van der Waals surface area contributed by atoms with Gasteiger partial charge in [-0.15, -0.1) is 0 Å². The van der Waals surface area contributed by atoms with E-state index in [1.54, 1.807) is 31.4 Å². The molecular weight excluding hydrogens is 441 g/mol. The molecule has 122 valence electrons. The minimum Gasteiger partial charge on any atom is -0.495 e. The highest BCUT2D eigenvalue weighted by Crippen LogP contribution is 2.27. The lowest BCUT2D eigenvalue weighted by molar-refractivity contribution is -0.129. The van der Waals surface area contributed by atoms with Crippen LogP contribution in [0.25, 0.3) is 6.08 Å². The molecule has 0 bridgehead atoms. The number of hydrogen-bond acceptors (Lipinski definition) is 4. The van der Waals surface area contributed by atoms with Gasteiger partial charge in [0.05, 0.1) is 12.1 Å². The Kier molecular flexibility index (Phi) is 4.91. The third kappa shape index (κ3) is 3.47. The molecule has 2 aromatic rings. The molecule has 0 N–H and O–H groups in total. The zero-order valence-corrected chi connectivity index (χ0v) is 15.9. The van der Waals surface area contributed by atoms with Crippen LogP contribution in [-0.2, 0) is 9.53 Å². The monoisotopic (exact) mass is 453 g/mol. The summed E-state index contributed by atoms with van der Waals surface area (Å²) in [7, 11) is 1.55. The molecule has 0 aromatic heterocycles. The molecule has 0 aliphatic carbocycles. The number of nitrogens with zero attached hydrogens (tertiary/aromatic N) is 1. The number of carbonyl (C=O) groups excluding carboxylic acids is 1. The van der Waals surface area contributed by atoms with Crippen LogP contribution >= 0.6 is 34.2 Å². The summed E-state index contributed by atoms with van der Waals surface area (Å²) in [6.07, 6.45) is 1.64. The molecular formula is C18H13ClINO3.